The number of piperidine rings is 1. The molecule has 18 heavy (non-hydrogen) atoms. The zero-order chi connectivity index (χ0) is 13.0. The number of nitrogens with one attached hydrogen (secondary N) is 1. The molecule has 1 aromatic heterocycles. The summed E-state index contributed by atoms with van der Waals surface area (Å²) in [7, 11) is 0. The van der Waals surface area contributed by atoms with Crippen LogP contribution in [0.2, 0.25) is 0 Å². The van der Waals surface area contributed by atoms with Crippen molar-refractivity contribution in [1.29, 1.82) is 0 Å². The van der Waals surface area contributed by atoms with Crippen molar-refractivity contribution in [2.24, 2.45) is 0 Å². The van der Waals surface area contributed by atoms with E-state index in [4.69, 9.17) is 0 Å². The second kappa shape index (κ2) is 5.52. The molecule has 1 fully saturated rings. The van der Waals surface area contributed by atoms with Crippen LogP contribution < -0.4 is 5.32 Å². The Balaban J connectivity index is 2.33. The number of amides is 1. The highest BCUT2D eigenvalue weighted by atomic mass is 16.2. The van der Waals surface area contributed by atoms with Gasteiger partial charge < -0.3 is 10.2 Å². The van der Waals surface area contributed by atoms with Crippen molar-refractivity contribution >= 4 is 5.91 Å². The van der Waals surface area contributed by atoms with Crippen molar-refractivity contribution in [2.75, 3.05) is 26.2 Å². The van der Waals surface area contributed by atoms with Gasteiger partial charge in [-0.1, -0.05) is 0 Å². The van der Waals surface area contributed by atoms with Crippen LogP contribution >= 0.6 is 0 Å². The highest BCUT2D eigenvalue weighted by molar-refractivity contribution is 5.84. The van der Waals surface area contributed by atoms with Gasteiger partial charge in [-0.3, -0.25) is 9.48 Å². The number of hydrogen-bond acceptors (Lipinski definition) is 3. The fourth-order valence-electron chi connectivity index (χ4n) is 2.71. The van der Waals surface area contributed by atoms with Gasteiger partial charge in [-0.05, 0) is 45.8 Å². The fourth-order valence-corrected chi connectivity index (χ4v) is 2.71. The van der Waals surface area contributed by atoms with E-state index in [0.29, 0.717) is 0 Å². The molecule has 1 amide bonds. The Morgan fingerprint density at radius 3 is 2.56 bits per heavy atom. The second-order valence-corrected chi connectivity index (χ2v) is 4.71. The molecule has 5 heteroatoms. The van der Waals surface area contributed by atoms with E-state index in [2.05, 4.69) is 10.4 Å². The van der Waals surface area contributed by atoms with Crippen LogP contribution in [0.1, 0.15) is 26.7 Å². The topological polar surface area (TPSA) is 50.2 Å². The summed E-state index contributed by atoms with van der Waals surface area (Å²) < 4.78 is 1.86. The van der Waals surface area contributed by atoms with Crippen LogP contribution in [0.3, 0.4) is 0 Å². The van der Waals surface area contributed by atoms with Crippen LogP contribution in [0.25, 0.3) is 0 Å². The molecule has 1 aromatic rings. The van der Waals surface area contributed by atoms with Crippen LogP contribution in [0.15, 0.2) is 18.5 Å². The lowest BCUT2D eigenvalue weighted by molar-refractivity contribution is -0.142. The largest absolute Gasteiger partial charge is 0.341 e. The maximum absolute atomic E-state index is 12.8. The number of carbonyl (C=O) groups is 1. The summed E-state index contributed by atoms with van der Waals surface area (Å²) in [5.74, 6) is 0.206. The molecule has 2 heterocycles. The van der Waals surface area contributed by atoms with E-state index in [1.54, 1.807) is 6.20 Å². The van der Waals surface area contributed by atoms with Crippen molar-refractivity contribution < 1.29 is 4.79 Å². The molecule has 1 saturated heterocycles. The molecular weight excluding hydrogens is 228 g/mol. The van der Waals surface area contributed by atoms with Crippen molar-refractivity contribution in [1.82, 2.24) is 20.0 Å². The minimum atomic E-state index is -0.485. The van der Waals surface area contributed by atoms with E-state index in [-0.39, 0.29) is 5.91 Å². The summed E-state index contributed by atoms with van der Waals surface area (Å²) in [4.78, 5) is 14.7. The lowest BCUT2D eigenvalue weighted by Crippen LogP contribution is -2.55. The Hall–Kier alpha value is -1.36. The van der Waals surface area contributed by atoms with Gasteiger partial charge in [0.2, 0.25) is 0 Å². The van der Waals surface area contributed by atoms with Crippen LogP contribution in [-0.4, -0.2) is 46.8 Å². The van der Waals surface area contributed by atoms with Gasteiger partial charge in [0.1, 0.15) is 5.54 Å². The van der Waals surface area contributed by atoms with E-state index in [1.807, 2.05) is 35.7 Å². The molecule has 0 atom stereocenters. The average molecular weight is 250 g/mol. The number of likely N-dealkylation sites (N-methyl/N-ethyl adjacent to an activating group) is 1. The molecule has 0 aliphatic carbocycles. The Labute approximate surface area is 108 Å². The Morgan fingerprint density at radius 1 is 1.39 bits per heavy atom. The van der Waals surface area contributed by atoms with Gasteiger partial charge in [0.05, 0.1) is 0 Å². The molecule has 0 bridgehead atoms. The van der Waals surface area contributed by atoms with Gasteiger partial charge in [-0.2, -0.15) is 5.10 Å². The predicted molar refractivity (Wildman–Crippen MR) is 70.2 cm³/mol. The highest BCUT2D eigenvalue weighted by Gasteiger charge is 2.43. The lowest BCUT2D eigenvalue weighted by atomic mass is 9.86. The van der Waals surface area contributed by atoms with Gasteiger partial charge in [-0.15, -0.1) is 0 Å². The van der Waals surface area contributed by atoms with Gasteiger partial charge >= 0.3 is 0 Å². The summed E-state index contributed by atoms with van der Waals surface area (Å²) in [6.45, 7) is 7.30. The number of rotatable bonds is 4. The molecule has 100 valence electrons. The molecule has 1 N–H and O–H groups in total. The first-order valence-electron chi connectivity index (χ1n) is 6.75. The van der Waals surface area contributed by atoms with Crippen molar-refractivity contribution in [3.05, 3.63) is 18.5 Å². The third-order valence-corrected chi connectivity index (χ3v) is 3.82. The quantitative estimate of drug-likeness (QED) is 0.861. The van der Waals surface area contributed by atoms with Crippen molar-refractivity contribution in [2.45, 2.75) is 32.2 Å². The SMILES string of the molecule is CCN(CC)C(=O)C1(n2cccn2)CCNCC1. The van der Waals surface area contributed by atoms with E-state index in [1.165, 1.54) is 0 Å². The standard InChI is InChI=1S/C13H22N4O/c1-3-16(4-2)12(18)13(6-9-14-10-7-13)17-11-5-8-15-17/h5,8,11,14H,3-4,6-7,9-10H2,1-2H3. The smallest absolute Gasteiger partial charge is 0.250 e. The molecule has 0 radical (unpaired) electrons. The first kappa shape index (κ1) is 13.1. The molecule has 0 aromatic carbocycles. The van der Waals surface area contributed by atoms with Crippen LogP contribution in [-0.2, 0) is 10.3 Å². The van der Waals surface area contributed by atoms with E-state index < -0.39 is 5.54 Å². The molecule has 1 aliphatic rings. The number of carbonyl (C=O) groups excluding carboxylic acids is 1. The minimum Gasteiger partial charge on any atom is -0.341 e. The average Bonchev–Trinajstić information content (AvgIpc) is 2.95. The monoisotopic (exact) mass is 250 g/mol. The molecule has 0 saturated carbocycles. The summed E-state index contributed by atoms with van der Waals surface area (Å²) in [5, 5.41) is 7.64. The maximum atomic E-state index is 12.8. The Kier molecular flexibility index (Phi) is 4.01. The molecular formula is C13H22N4O. The number of nitrogens with zero attached hydrogens (tertiary/aromatic N) is 3. The molecule has 0 spiro atoms. The zero-order valence-corrected chi connectivity index (χ0v) is 11.2. The predicted octanol–water partition coefficient (Wildman–Crippen LogP) is 0.830. The fraction of sp³-hybridized carbons (Fsp3) is 0.692. The van der Waals surface area contributed by atoms with E-state index in [0.717, 1.165) is 39.0 Å². The maximum Gasteiger partial charge on any atom is 0.250 e. The van der Waals surface area contributed by atoms with Crippen molar-refractivity contribution in [3.63, 3.8) is 0 Å². The first-order chi connectivity index (χ1) is 8.74. The Bertz CT molecular complexity index is 378. The third kappa shape index (κ3) is 2.14. The molecule has 0 unspecified atom stereocenters. The van der Waals surface area contributed by atoms with Gasteiger partial charge in [0.25, 0.3) is 5.91 Å². The van der Waals surface area contributed by atoms with Crippen LogP contribution in [0.4, 0.5) is 0 Å². The van der Waals surface area contributed by atoms with Gasteiger partial charge in [0.15, 0.2) is 0 Å². The first-order valence-corrected chi connectivity index (χ1v) is 6.75. The molecule has 1 aliphatic heterocycles. The summed E-state index contributed by atoms with van der Waals surface area (Å²) in [6, 6.07) is 1.89. The summed E-state index contributed by atoms with van der Waals surface area (Å²) >= 11 is 0. The van der Waals surface area contributed by atoms with Gasteiger partial charge in [-0.25, -0.2) is 0 Å². The number of aromatic nitrogens is 2. The van der Waals surface area contributed by atoms with Gasteiger partial charge in [0, 0.05) is 25.5 Å². The van der Waals surface area contributed by atoms with Crippen LogP contribution in [0, 0.1) is 0 Å². The van der Waals surface area contributed by atoms with E-state index in [9.17, 15) is 4.79 Å². The Morgan fingerprint density at radius 2 is 2.06 bits per heavy atom. The number of hydrogen-bond donors (Lipinski definition) is 1. The normalized spacial score (nSPS) is 18.6. The molecule has 5 nitrogen and oxygen atoms in total. The molecule has 2 rings (SSSR count). The summed E-state index contributed by atoms with van der Waals surface area (Å²) in [5.41, 5.74) is -0.485. The lowest BCUT2D eigenvalue weighted by Gasteiger charge is -2.39. The zero-order valence-electron chi connectivity index (χ0n) is 11.2. The summed E-state index contributed by atoms with van der Waals surface area (Å²) in [6.07, 6.45) is 5.28. The third-order valence-electron chi connectivity index (χ3n) is 3.82. The highest BCUT2D eigenvalue weighted by Crippen LogP contribution is 2.29. The van der Waals surface area contributed by atoms with Crippen molar-refractivity contribution in [3.8, 4) is 0 Å². The minimum absolute atomic E-state index is 0.206. The second-order valence-electron chi connectivity index (χ2n) is 4.71. The van der Waals surface area contributed by atoms with E-state index >= 15 is 0 Å². The van der Waals surface area contributed by atoms with Crippen LogP contribution in [0.5, 0.6) is 0 Å².